The van der Waals surface area contributed by atoms with E-state index >= 15 is 0 Å². The molecule has 1 fully saturated rings. The Morgan fingerprint density at radius 2 is 1.96 bits per heavy atom. The second-order valence-electron chi connectivity index (χ2n) is 6.41. The Hall–Kier alpha value is -1.46. The number of amides is 2. The highest BCUT2D eigenvalue weighted by molar-refractivity contribution is 6.33. The van der Waals surface area contributed by atoms with Crippen LogP contribution in [0.2, 0.25) is 5.02 Å². The van der Waals surface area contributed by atoms with Crippen molar-refractivity contribution in [2.24, 2.45) is 0 Å². The molecule has 0 aromatic heterocycles. The molecule has 0 saturated carbocycles. The summed E-state index contributed by atoms with van der Waals surface area (Å²) in [4.78, 5) is 14.2. The molecule has 0 unspecified atom stereocenters. The zero-order valence-electron chi connectivity index (χ0n) is 15.2. The van der Waals surface area contributed by atoms with E-state index in [4.69, 9.17) is 16.3 Å². The first-order valence-corrected chi connectivity index (χ1v) is 9.75. The van der Waals surface area contributed by atoms with Crippen LogP contribution in [-0.2, 0) is 4.74 Å². The van der Waals surface area contributed by atoms with Gasteiger partial charge in [-0.25, -0.2) is 4.79 Å². The van der Waals surface area contributed by atoms with Gasteiger partial charge in [0.05, 0.1) is 10.7 Å². The smallest absolute Gasteiger partial charge is 0.319 e. The second-order valence-corrected chi connectivity index (χ2v) is 6.82. The molecule has 1 saturated heterocycles. The van der Waals surface area contributed by atoms with E-state index < -0.39 is 0 Å². The molecule has 6 heteroatoms. The number of nitrogens with one attached hydrogen (secondary N) is 2. The second kappa shape index (κ2) is 11.2. The van der Waals surface area contributed by atoms with Crippen LogP contribution in [0.25, 0.3) is 0 Å². The van der Waals surface area contributed by atoms with Gasteiger partial charge in [0.25, 0.3) is 0 Å². The maximum absolute atomic E-state index is 11.9. The number of hydrogen-bond acceptors (Lipinski definition) is 3. The lowest BCUT2D eigenvalue weighted by Crippen LogP contribution is -2.30. The number of urea groups is 1. The van der Waals surface area contributed by atoms with Gasteiger partial charge in [0.1, 0.15) is 0 Å². The van der Waals surface area contributed by atoms with Gasteiger partial charge in [-0.15, -0.1) is 0 Å². The van der Waals surface area contributed by atoms with Gasteiger partial charge in [0.15, 0.2) is 0 Å². The van der Waals surface area contributed by atoms with Gasteiger partial charge in [-0.1, -0.05) is 24.9 Å². The molecule has 1 aromatic carbocycles. The fourth-order valence-electron chi connectivity index (χ4n) is 2.88. The number of halogens is 1. The number of ether oxygens (including phenoxy) is 1. The van der Waals surface area contributed by atoms with E-state index in [9.17, 15) is 4.79 Å². The molecule has 0 bridgehead atoms. The minimum Gasteiger partial charge on any atom is -0.381 e. The van der Waals surface area contributed by atoms with Crippen molar-refractivity contribution in [1.29, 1.82) is 0 Å². The summed E-state index contributed by atoms with van der Waals surface area (Å²) in [5, 5.41) is 6.35. The monoisotopic (exact) mass is 367 g/mol. The summed E-state index contributed by atoms with van der Waals surface area (Å²) < 4.78 is 5.47. The third-order valence-corrected chi connectivity index (χ3v) is 4.60. The van der Waals surface area contributed by atoms with Crippen LogP contribution in [0.1, 0.15) is 45.4 Å². The molecule has 2 amide bonds. The fourth-order valence-corrected chi connectivity index (χ4v) is 3.18. The minimum atomic E-state index is -0.213. The molecular weight excluding hydrogens is 338 g/mol. The quantitative estimate of drug-likeness (QED) is 0.624. The maximum Gasteiger partial charge on any atom is 0.319 e. The summed E-state index contributed by atoms with van der Waals surface area (Å²) in [6.45, 7) is 6.31. The van der Waals surface area contributed by atoms with Crippen LogP contribution < -0.4 is 15.5 Å². The largest absolute Gasteiger partial charge is 0.381 e. The lowest BCUT2D eigenvalue weighted by Gasteiger charge is -2.29. The van der Waals surface area contributed by atoms with Gasteiger partial charge >= 0.3 is 6.03 Å². The van der Waals surface area contributed by atoms with Crippen LogP contribution >= 0.6 is 11.6 Å². The molecule has 1 aliphatic heterocycles. The van der Waals surface area contributed by atoms with Crippen LogP contribution in [-0.4, -0.2) is 38.9 Å². The highest BCUT2D eigenvalue weighted by Gasteiger charge is 2.14. The van der Waals surface area contributed by atoms with Crippen molar-refractivity contribution < 1.29 is 9.53 Å². The van der Waals surface area contributed by atoms with Crippen LogP contribution in [0, 0.1) is 0 Å². The Kier molecular flexibility index (Phi) is 8.91. The number of anilines is 2. The molecule has 1 aromatic rings. The van der Waals surface area contributed by atoms with E-state index in [2.05, 4.69) is 22.5 Å². The molecule has 0 radical (unpaired) electrons. The molecular formula is C19H30ClN3O2. The summed E-state index contributed by atoms with van der Waals surface area (Å²) in [6.07, 6.45) is 6.74. The van der Waals surface area contributed by atoms with Crippen LogP contribution in [0.3, 0.4) is 0 Å². The minimum absolute atomic E-state index is 0.213. The standard InChI is InChI=1S/C19H30ClN3O2/c1-2-3-13-25-14-7-10-21-19(24)22-16-8-9-18(17(20)15-16)23-11-5-4-6-12-23/h8-9,15H,2-7,10-14H2,1H3,(H2,21,22,24). The highest BCUT2D eigenvalue weighted by Crippen LogP contribution is 2.30. The van der Waals surface area contributed by atoms with Gasteiger partial charge in [0, 0.05) is 38.5 Å². The average molecular weight is 368 g/mol. The summed E-state index contributed by atoms with van der Waals surface area (Å²) in [5.41, 5.74) is 1.76. The van der Waals surface area contributed by atoms with Crippen molar-refractivity contribution in [3.05, 3.63) is 23.2 Å². The average Bonchev–Trinajstić information content (AvgIpc) is 2.62. The zero-order valence-corrected chi connectivity index (χ0v) is 15.9. The molecule has 0 spiro atoms. The van der Waals surface area contributed by atoms with Crippen molar-refractivity contribution in [2.75, 3.05) is 43.1 Å². The summed E-state index contributed by atoms with van der Waals surface area (Å²) in [6, 6.07) is 5.50. The SMILES string of the molecule is CCCCOCCCNC(=O)Nc1ccc(N2CCCCC2)c(Cl)c1. The Labute approximate surface area is 156 Å². The van der Waals surface area contributed by atoms with Crippen LogP contribution in [0.4, 0.5) is 16.2 Å². The Balaban J connectivity index is 1.71. The molecule has 5 nitrogen and oxygen atoms in total. The van der Waals surface area contributed by atoms with Gasteiger partial charge in [-0.2, -0.15) is 0 Å². The Morgan fingerprint density at radius 3 is 2.68 bits per heavy atom. The molecule has 25 heavy (non-hydrogen) atoms. The van der Waals surface area contributed by atoms with Crippen LogP contribution in [0.15, 0.2) is 18.2 Å². The first-order valence-electron chi connectivity index (χ1n) is 9.38. The lowest BCUT2D eigenvalue weighted by atomic mass is 10.1. The first kappa shape index (κ1) is 19.9. The number of hydrogen-bond donors (Lipinski definition) is 2. The van der Waals surface area contributed by atoms with E-state index in [1.165, 1.54) is 19.3 Å². The van der Waals surface area contributed by atoms with E-state index in [0.717, 1.165) is 44.6 Å². The number of rotatable bonds is 9. The van der Waals surface area contributed by atoms with Crippen molar-refractivity contribution in [3.63, 3.8) is 0 Å². The Bertz CT molecular complexity index is 533. The number of unbranched alkanes of at least 4 members (excludes halogenated alkanes) is 1. The number of carbonyl (C=O) groups excluding carboxylic acids is 1. The molecule has 2 N–H and O–H groups in total. The fraction of sp³-hybridized carbons (Fsp3) is 0.632. The highest BCUT2D eigenvalue weighted by atomic mass is 35.5. The molecule has 1 aliphatic rings. The van der Waals surface area contributed by atoms with Crippen molar-refractivity contribution in [1.82, 2.24) is 5.32 Å². The van der Waals surface area contributed by atoms with E-state index in [-0.39, 0.29) is 6.03 Å². The lowest BCUT2D eigenvalue weighted by molar-refractivity contribution is 0.129. The van der Waals surface area contributed by atoms with Gasteiger partial charge < -0.3 is 20.3 Å². The summed E-state index contributed by atoms with van der Waals surface area (Å²) >= 11 is 6.40. The van der Waals surface area contributed by atoms with E-state index in [1.807, 2.05) is 18.2 Å². The van der Waals surface area contributed by atoms with E-state index in [0.29, 0.717) is 23.9 Å². The van der Waals surface area contributed by atoms with Gasteiger partial charge in [-0.3, -0.25) is 0 Å². The molecule has 0 atom stereocenters. The normalized spacial score (nSPS) is 14.4. The van der Waals surface area contributed by atoms with Crippen molar-refractivity contribution in [2.45, 2.75) is 45.4 Å². The summed E-state index contributed by atoms with van der Waals surface area (Å²) in [5.74, 6) is 0. The van der Waals surface area contributed by atoms with E-state index in [1.54, 1.807) is 0 Å². The van der Waals surface area contributed by atoms with Crippen molar-refractivity contribution >= 4 is 29.0 Å². The topological polar surface area (TPSA) is 53.6 Å². The van der Waals surface area contributed by atoms with Crippen molar-refractivity contribution in [3.8, 4) is 0 Å². The predicted octanol–water partition coefficient (Wildman–Crippen LogP) is 4.66. The molecule has 1 heterocycles. The number of benzene rings is 1. The zero-order chi connectivity index (χ0) is 17.9. The Morgan fingerprint density at radius 1 is 1.20 bits per heavy atom. The van der Waals surface area contributed by atoms with Crippen LogP contribution in [0.5, 0.6) is 0 Å². The molecule has 140 valence electrons. The number of carbonyl (C=O) groups is 1. The van der Waals surface area contributed by atoms with Gasteiger partial charge in [-0.05, 0) is 50.3 Å². The van der Waals surface area contributed by atoms with Gasteiger partial charge in [0.2, 0.25) is 0 Å². The molecule has 2 rings (SSSR count). The number of nitrogens with zero attached hydrogens (tertiary/aromatic N) is 1. The third kappa shape index (κ3) is 7.12. The molecule has 0 aliphatic carbocycles. The predicted molar refractivity (Wildman–Crippen MR) is 105 cm³/mol. The third-order valence-electron chi connectivity index (χ3n) is 4.30. The first-order chi connectivity index (χ1) is 12.2. The summed E-state index contributed by atoms with van der Waals surface area (Å²) in [7, 11) is 0. The maximum atomic E-state index is 11.9. The number of piperidine rings is 1.